The Labute approximate surface area is 99.7 Å². The first kappa shape index (κ1) is 11.4. The molecule has 3 nitrogen and oxygen atoms in total. The number of halogens is 1. The maximum Gasteiger partial charge on any atom is 0.125 e. The molecule has 17 heavy (non-hydrogen) atoms. The number of nitrogen functional groups attached to an aromatic ring is 1. The van der Waals surface area contributed by atoms with E-state index in [0.29, 0.717) is 12.2 Å². The van der Waals surface area contributed by atoms with Gasteiger partial charge in [-0.25, -0.2) is 4.39 Å². The van der Waals surface area contributed by atoms with Crippen molar-refractivity contribution < 1.29 is 4.39 Å². The molecule has 88 valence electrons. The van der Waals surface area contributed by atoms with Crippen LogP contribution in [0.2, 0.25) is 0 Å². The summed E-state index contributed by atoms with van der Waals surface area (Å²) in [5.74, 6) is -0.236. The molecule has 2 N–H and O–H groups in total. The zero-order chi connectivity index (χ0) is 12.3. The number of anilines is 2. The van der Waals surface area contributed by atoms with E-state index < -0.39 is 0 Å². The molecule has 1 aromatic carbocycles. The number of pyridine rings is 1. The lowest BCUT2D eigenvalue weighted by atomic mass is 10.2. The van der Waals surface area contributed by atoms with Gasteiger partial charge in [0.15, 0.2) is 0 Å². The third kappa shape index (κ3) is 2.93. The van der Waals surface area contributed by atoms with Gasteiger partial charge in [-0.3, -0.25) is 4.98 Å². The number of rotatable bonds is 3. The average molecular weight is 231 g/mol. The van der Waals surface area contributed by atoms with Crippen molar-refractivity contribution in [1.82, 2.24) is 4.98 Å². The lowest BCUT2D eigenvalue weighted by molar-refractivity contribution is 0.627. The van der Waals surface area contributed by atoms with E-state index in [1.807, 2.05) is 30.1 Å². The normalized spacial score (nSPS) is 10.2. The Balaban J connectivity index is 2.11. The van der Waals surface area contributed by atoms with Gasteiger partial charge in [-0.1, -0.05) is 6.07 Å². The molecule has 0 aliphatic rings. The fourth-order valence-electron chi connectivity index (χ4n) is 1.58. The number of aromatic nitrogens is 1. The van der Waals surface area contributed by atoms with Gasteiger partial charge >= 0.3 is 0 Å². The van der Waals surface area contributed by atoms with Gasteiger partial charge < -0.3 is 10.6 Å². The van der Waals surface area contributed by atoms with Crippen LogP contribution in [0.3, 0.4) is 0 Å². The van der Waals surface area contributed by atoms with Gasteiger partial charge in [-0.05, 0) is 30.3 Å². The van der Waals surface area contributed by atoms with E-state index >= 15 is 0 Å². The van der Waals surface area contributed by atoms with Crippen LogP contribution in [-0.2, 0) is 6.54 Å². The van der Waals surface area contributed by atoms with Crippen molar-refractivity contribution in [3.05, 3.63) is 54.1 Å². The molecule has 1 aromatic heterocycles. The van der Waals surface area contributed by atoms with Crippen LogP contribution < -0.4 is 10.6 Å². The molecule has 0 aliphatic carbocycles. The Kier molecular flexibility index (Phi) is 3.23. The van der Waals surface area contributed by atoms with E-state index in [2.05, 4.69) is 4.98 Å². The maximum absolute atomic E-state index is 13.1. The highest BCUT2D eigenvalue weighted by atomic mass is 19.1. The molecule has 0 amide bonds. The van der Waals surface area contributed by atoms with Crippen LogP contribution in [0.1, 0.15) is 5.69 Å². The lowest BCUT2D eigenvalue weighted by Crippen LogP contribution is -2.17. The molecule has 2 aromatic rings. The molecule has 0 fully saturated rings. The summed E-state index contributed by atoms with van der Waals surface area (Å²) in [6, 6.07) is 10.2. The lowest BCUT2D eigenvalue weighted by Gasteiger charge is -2.18. The van der Waals surface area contributed by atoms with Gasteiger partial charge in [-0.15, -0.1) is 0 Å². The van der Waals surface area contributed by atoms with E-state index in [1.54, 1.807) is 12.3 Å². The van der Waals surface area contributed by atoms with E-state index in [4.69, 9.17) is 5.73 Å². The van der Waals surface area contributed by atoms with Gasteiger partial charge in [0.05, 0.1) is 24.1 Å². The van der Waals surface area contributed by atoms with Crippen LogP contribution in [0, 0.1) is 5.82 Å². The maximum atomic E-state index is 13.1. The van der Waals surface area contributed by atoms with Crippen molar-refractivity contribution in [2.24, 2.45) is 0 Å². The minimum atomic E-state index is -0.236. The van der Waals surface area contributed by atoms with Crippen LogP contribution in [0.5, 0.6) is 0 Å². The standard InChI is InChI=1S/C13H14FN3/c1-17(13-4-2-3-10(14)7-13)9-12-6-5-11(15)8-16-12/h2-8H,9,15H2,1H3. The minimum Gasteiger partial charge on any atom is -0.397 e. The quantitative estimate of drug-likeness (QED) is 0.882. The Morgan fingerprint density at radius 2 is 2.12 bits per heavy atom. The van der Waals surface area contributed by atoms with Crippen LogP contribution in [-0.4, -0.2) is 12.0 Å². The molecule has 0 unspecified atom stereocenters. The number of nitrogens with zero attached hydrogens (tertiary/aromatic N) is 2. The summed E-state index contributed by atoms with van der Waals surface area (Å²) in [7, 11) is 1.90. The van der Waals surface area contributed by atoms with Crippen molar-refractivity contribution in [2.75, 3.05) is 17.7 Å². The monoisotopic (exact) mass is 231 g/mol. The summed E-state index contributed by atoms with van der Waals surface area (Å²) in [5.41, 5.74) is 7.92. The Hall–Kier alpha value is -2.10. The molecule has 0 saturated carbocycles. The highest BCUT2D eigenvalue weighted by Gasteiger charge is 2.03. The minimum absolute atomic E-state index is 0.236. The van der Waals surface area contributed by atoms with Gasteiger partial charge in [-0.2, -0.15) is 0 Å². The first-order valence-electron chi connectivity index (χ1n) is 5.32. The molecule has 0 aliphatic heterocycles. The van der Waals surface area contributed by atoms with Crippen molar-refractivity contribution in [2.45, 2.75) is 6.54 Å². The van der Waals surface area contributed by atoms with E-state index in [9.17, 15) is 4.39 Å². The third-order valence-electron chi connectivity index (χ3n) is 2.50. The molecule has 0 atom stereocenters. The molecule has 0 radical (unpaired) electrons. The van der Waals surface area contributed by atoms with Gasteiger partial charge in [0.2, 0.25) is 0 Å². The molecule has 0 bridgehead atoms. The molecular weight excluding hydrogens is 217 g/mol. The van der Waals surface area contributed by atoms with E-state index in [1.165, 1.54) is 12.1 Å². The van der Waals surface area contributed by atoms with Gasteiger partial charge in [0, 0.05) is 12.7 Å². The second-order valence-corrected chi connectivity index (χ2v) is 3.92. The molecule has 4 heteroatoms. The summed E-state index contributed by atoms with van der Waals surface area (Å²) in [4.78, 5) is 6.14. The fraction of sp³-hybridized carbons (Fsp3) is 0.154. The second-order valence-electron chi connectivity index (χ2n) is 3.92. The van der Waals surface area contributed by atoms with E-state index in [-0.39, 0.29) is 5.82 Å². The Bertz CT molecular complexity index is 496. The first-order chi connectivity index (χ1) is 8.15. The number of hydrogen-bond donors (Lipinski definition) is 1. The molecular formula is C13H14FN3. The van der Waals surface area contributed by atoms with Crippen LogP contribution in [0.4, 0.5) is 15.8 Å². The van der Waals surface area contributed by atoms with Crippen molar-refractivity contribution >= 4 is 11.4 Å². The Morgan fingerprint density at radius 3 is 2.76 bits per heavy atom. The Morgan fingerprint density at radius 1 is 1.29 bits per heavy atom. The smallest absolute Gasteiger partial charge is 0.125 e. The topological polar surface area (TPSA) is 42.1 Å². The number of benzene rings is 1. The number of nitrogens with two attached hydrogens (primary N) is 1. The van der Waals surface area contributed by atoms with Crippen LogP contribution >= 0.6 is 0 Å². The highest BCUT2D eigenvalue weighted by Crippen LogP contribution is 2.16. The zero-order valence-corrected chi connectivity index (χ0v) is 9.60. The van der Waals surface area contributed by atoms with Crippen molar-refractivity contribution in [3.63, 3.8) is 0 Å². The summed E-state index contributed by atoms with van der Waals surface area (Å²) in [5, 5.41) is 0. The summed E-state index contributed by atoms with van der Waals surface area (Å²) >= 11 is 0. The highest BCUT2D eigenvalue weighted by molar-refractivity contribution is 5.46. The second kappa shape index (κ2) is 4.82. The molecule has 1 heterocycles. The predicted octanol–water partition coefficient (Wildman–Crippen LogP) is 2.44. The summed E-state index contributed by atoms with van der Waals surface area (Å²) in [6.07, 6.45) is 1.62. The summed E-state index contributed by atoms with van der Waals surface area (Å²) < 4.78 is 13.1. The average Bonchev–Trinajstić information content (AvgIpc) is 2.32. The molecule has 0 saturated heterocycles. The SMILES string of the molecule is CN(Cc1ccc(N)cn1)c1cccc(F)c1. The number of hydrogen-bond acceptors (Lipinski definition) is 3. The van der Waals surface area contributed by atoms with Crippen molar-refractivity contribution in [1.29, 1.82) is 0 Å². The van der Waals surface area contributed by atoms with Gasteiger partial charge in [0.1, 0.15) is 5.82 Å². The van der Waals surface area contributed by atoms with Crippen molar-refractivity contribution in [3.8, 4) is 0 Å². The molecule has 0 spiro atoms. The van der Waals surface area contributed by atoms with Crippen LogP contribution in [0.25, 0.3) is 0 Å². The predicted molar refractivity (Wildman–Crippen MR) is 67.2 cm³/mol. The summed E-state index contributed by atoms with van der Waals surface area (Å²) in [6.45, 7) is 0.615. The fourth-order valence-corrected chi connectivity index (χ4v) is 1.58. The first-order valence-corrected chi connectivity index (χ1v) is 5.32. The van der Waals surface area contributed by atoms with Crippen LogP contribution in [0.15, 0.2) is 42.6 Å². The van der Waals surface area contributed by atoms with E-state index in [0.717, 1.165) is 11.4 Å². The van der Waals surface area contributed by atoms with Gasteiger partial charge in [0.25, 0.3) is 0 Å². The molecule has 2 rings (SSSR count). The zero-order valence-electron chi connectivity index (χ0n) is 9.60. The largest absolute Gasteiger partial charge is 0.397 e. The third-order valence-corrected chi connectivity index (χ3v) is 2.50.